The summed E-state index contributed by atoms with van der Waals surface area (Å²) in [6.07, 6.45) is 0. The lowest BCUT2D eigenvalue weighted by molar-refractivity contribution is 0.0977. The van der Waals surface area contributed by atoms with Crippen molar-refractivity contribution in [2.75, 3.05) is 23.8 Å². The fourth-order valence-electron chi connectivity index (χ4n) is 1.98. The summed E-state index contributed by atoms with van der Waals surface area (Å²) in [5.41, 5.74) is 6.60. The number of rotatable bonds is 4. The van der Waals surface area contributed by atoms with Crippen molar-refractivity contribution in [2.45, 2.75) is 0 Å². The number of carbonyl (C=O) groups excluding carboxylic acids is 1. The molecule has 0 spiro atoms. The number of amides is 1. The third kappa shape index (κ3) is 3.22. The molecule has 2 aromatic rings. The number of nitrogens with two attached hydrogens (primary N) is 1. The summed E-state index contributed by atoms with van der Waals surface area (Å²) in [6.45, 7) is -0.227. The zero-order valence-electron chi connectivity index (χ0n) is 11.1. The summed E-state index contributed by atoms with van der Waals surface area (Å²) in [4.78, 5) is 13.8. The number of hydrogen-bond acceptors (Lipinski definition) is 3. The van der Waals surface area contributed by atoms with Crippen molar-refractivity contribution in [3.63, 3.8) is 0 Å². The quantitative estimate of drug-likeness (QED) is 0.831. The molecular formula is C15H14BrFN2O2. The molecule has 0 saturated carbocycles. The number of benzene rings is 2. The van der Waals surface area contributed by atoms with Gasteiger partial charge >= 0.3 is 0 Å². The molecule has 0 fully saturated rings. The molecule has 21 heavy (non-hydrogen) atoms. The van der Waals surface area contributed by atoms with Crippen molar-refractivity contribution in [3.8, 4) is 0 Å². The van der Waals surface area contributed by atoms with Crippen LogP contribution in [0, 0.1) is 5.82 Å². The van der Waals surface area contributed by atoms with E-state index in [9.17, 15) is 14.3 Å². The number of hydrogen-bond donors (Lipinski definition) is 2. The smallest absolute Gasteiger partial charge is 0.261 e. The third-order valence-corrected chi connectivity index (χ3v) is 3.59. The molecule has 2 aromatic carbocycles. The zero-order valence-corrected chi connectivity index (χ0v) is 12.7. The topological polar surface area (TPSA) is 66.6 Å². The van der Waals surface area contributed by atoms with Crippen molar-refractivity contribution in [2.24, 2.45) is 0 Å². The second-order valence-corrected chi connectivity index (χ2v) is 5.19. The number of nitrogen functional groups attached to an aromatic ring is 1. The summed E-state index contributed by atoms with van der Waals surface area (Å²) < 4.78 is 14.3. The van der Waals surface area contributed by atoms with Crippen LogP contribution >= 0.6 is 15.9 Å². The molecule has 0 heterocycles. The third-order valence-electron chi connectivity index (χ3n) is 2.98. The lowest BCUT2D eigenvalue weighted by Crippen LogP contribution is -2.34. The van der Waals surface area contributed by atoms with Crippen molar-refractivity contribution in [1.82, 2.24) is 0 Å². The second kappa shape index (κ2) is 6.69. The Hall–Kier alpha value is -1.92. The van der Waals surface area contributed by atoms with E-state index in [-0.39, 0.29) is 23.2 Å². The summed E-state index contributed by atoms with van der Waals surface area (Å²) in [5.74, 6) is -1.19. The van der Waals surface area contributed by atoms with E-state index < -0.39 is 11.7 Å². The molecule has 110 valence electrons. The van der Waals surface area contributed by atoms with Crippen LogP contribution in [0.3, 0.4) is 0 Å². The van der Waals surface area contributed by atoms with Crippen LogP contribution in [0.1, 0.15) is 10.4 Å². The van der Waals surface area contributed by atoms with E-state index in [0.29, 0.717) is 11.4 Å². The van der Waals surface area contributed by atoms with Gasteiger partial charge in [-0.15, -0.1) is 0 Å². The molecule has 1 amide bonds. The van der Waals surface area contributed by atoms with E-state index in [1.54, 1.807) is 30.3 Å². The van der Waals surface area contributed by atoms with E-state index in [4.69, 9.17) is 5.73 Å². The van der Waals surface area contributed by atoms with Crippen LogP contribution < -0.4 is 10.6 Å². The fraction of sp³-hybridized carbons (Fsp3) is 0.133. The Morgan fingerprint density at radius 2 is 1.95 bits per heavy atom. The van der Waals surface area contributed by atoms with Crippen LogP contribution in [-0.4, -0.2) is 24.2 Å². The van der Waals surface area contributed by atoms with Gasteiger partial charge in [-0.05, 0) is 40.2 Å². The average Bonchev–Trinajstić information content (AvgIpc) is 2.48. The Morgan fingerprint density at radius 1 is 1.24 bits per heavy atom. The van der Waals surface area contributed by atoms with Crippen LogP contribution in [0.4, 0.5) is 15.8 Å². The first-order chi connectivity index (χ1) is 10.1. The van der Waals surface area contributed by atoms with Gasteiger partial charge in [0.2, 0.25) is 0 Å². The number of carbonyl (C=O) groups is 1. The number of para-hydroxylation sites is 2. The van der Waals surface area contributed by atoms with Gasteiger partial charge in [0.1, 0.15) is 5.82 Å². The first-order valence-corrected chi connectivity index (χ1v) is 7.06. The van der Waals surface area contributed by atoms with Crippen molar-refractivity contribution < 1.29 is 14.3 Å². The van der Waals surface area contributed by atoms with E-state index in [0.717, 1.165) is 0 Å². The Bertz CT molecular complexity index is 664. The minimum absolute atomic E-state index is 0.0268. The summed E-state index contributed by atoms with van der Waals surface area (Å²) in [5, 5.41) is 9.17. The van der Waals surface area contributed by atoms with Crippen LogP contribution in [0.25, 0.3) is 0 Å². The predicted octanol–water partition coefficient (Wildman–Crippen LogP) is 2.81. The largest absolute Gasteiger partial charge is 0.397 e. The van der Waals surface area contributed by atoms with Gasteiger partial charge in [-0.25, -0.2) is 4.39 Å². The minimum Gasteiger partial charge on any atom is -0.397 e. The summed E-state index contributed by atoms with van der Waals surface area (Å²) in [6, 6.07) is 11.2. The highest BCUT2D eigenvalue weighted by molar-refractivity contribution is 9.10. The fourth-order valence-corrected chi connectivity index (χ4v) is 2.35. The molecule has 0 radical (unpaired) electrons. The minimum atomic E-state index is -0.639. The van der Waals surface area contributed by atoms with Gasteiger partial charge in [0.15, 0.2) is 0 Å². The molecule has 0 bridgehead atoms. The number of aliphatic hydroxyl groups excluding tert-OH is 1. The van der Waals surface area contributed by atoms with Gasteiger partial charge in [-0.1, -0.05) is 18.2 Å². The van der Waals surface area contributed by atoms with Crippen molar-refractivity contribution >= 4 is 33.2 Å². The molecule has 0 unspecified atom stereocenters. The molecular weight excluding hydrogens is 339 g/mol. The number of aliphatic hydroxyl groups is 1. The standard InChI is InChI=1S/C15H14BrFN2O2/c16-11-5-3-4-10(14(11)17)15(21)19(8-9-20)13-7-2-1-6-12(13)18/h1-7,20H,8-9,18H2. The van der Waals surface area contributed by atoms with Crippen LogP contribution in [-0.2, 0) is 0 Å². The van der Waals surface area contributed by atoms with E-state index >= 15 is 0 Å². The van der Waals surface area contributed by atoms with Crippen molar-refractivity contribution in [1.29, 1.82) is 0 Å². The molecule has 6 heteroatoms. The highest BCUT2D eigenvalue weighted by Crippen LogP contribution is 2.26. The van der Waals surface area contributed by atoms with E-state index in [1.807, 2.05) is 0 Å². The molecule has 0 atom stereocenters. The highest BCUT2D eigenvalue weighted by atomic mass is 79.9. The van der Waals surface area contributed by atoms with Gasteiger partial charge in [0.25, 0.3) is 5.91 Å². The molecule has 2 rings (SSSR count). The van der Waals surface area contributed by atoms with Gasteiger partial charge in [0.05, 0.1) is 28.0 Å². The van der Waals surface area contributed by atoms with Crippen LogP contribution in [0.2, 0.25) is 0 Å². The monoisotopic (exact) mass is 352 g/mol. The first kappa shape index (κ1) is 15.5. The summed E-state index contributed by atoms with van der Waals surface area (Å²) >= 11 is 3.05. The molecule has 0 aliphatic rings. The Labute approximate surface area is 130 Å². The maximum atomic E-state index is 14.1. The maximum Gasteiger partial charge on any atom is 0.261 e. The highest BCUT2D eigenvalue weighted by Gasteiger charge is 2.22. The zero-order chi connectivity index (χ0) is 15.4. The van der Waals surface area contributed by atoms with Gasteiger partial charge < -0.3 is 15.7 Å². The van der Waals surface area contributed by atoms with Gasteiger partial charge in [-0.3, -0.25) is 4.79 Å². The maximum absolute atomic E-state index is 14.1. The SMILES string of the molecule is Nc1ccccc1N(CCO)C(=O)c1cccc(Br)c1F. The molecule has 0 aromatic heterocycles. The Morgan fingerprint density at radius 3 is 2.62 bits per heavy atom. The van der Waals surface area contributed by atoms with E-state index in [2.05, 4.69) is 15.9 Å². The number of nitrogens with zero attached hydrogens (tertiary/aromatic N) is 1. The average molecular weight is 353 g/mol. The normalized spacial score (nSPS) is 10.4. The first-order valence-electron chi connectivity index (χ1n) is 6.27. The van der Waals surface area contributed by atoms with Crippen LogP contribution in [0.15, 0.2) is 46.9 Å². The summed E-state index contributed by atoms with van der Waals surface area (Å²) in [7, 11) is 0. The van der Waals surface area contributed by atoms with E-state index in [1.165, 1.54) is 17.0 Å². The predicted molar refractivity (Wildman–Crippen MR) is 83.7 cm³/mol. The molecule has 0 saturated heterocycles. The van der Waals surface area contributed by atoms with Gasteiger partial charge in [-0.2, -0.15) is 0 Å². The lowest BCUT2D eigenvalue weighted by Gasteiger charge is -2.23. The number of anilines is 2. The van der Waals surface area contributed by atoms with Crippen molar-refractivity contribution in [3.05, 3.63) is 58.3 Å². The molecule has 0 aliphatic carbocycles. The van der Waals surface area contributed by atoms with Gasteiger partial charge in [0, 0.05) is 6.54 Å². The molecule has 0 aliphatic heterocycles. The lowest BCUT2D eigenvalue weighted by atomic mass is 10.1. The second-order valence-electron chi connectivity index (χ2n) is 4.34. The Kier molecular flexibility index (Phi) is 4.93. The van der Waals surface area contributed by atoms with Crippen LogP contribution in [0.5, 0.6) is 0 Å². The number of halogens is 2. The Balaban J connectivity index is 2.46. The molecule has 4 nitrogen and oxygen atoms in total. The molecule has 3 N–H and O–H groups in total.